The van der Waals surface area contributed by atoms with E-state index in [0.29, 0.717) is 5.56 Å². The summed E-state index contributed by atoms with van der Waals surface area (Å²) < 4.78 is 0. The number of amides is 7. The van der Waals surface area contributed by atoms with Gasteiger partial charge in [0.1, 0.15) is 23.9 Å². The molecule has 16 heteroatoms. The Morgan fingerprint density at radius 2 is 1.25 bits per heavy atom. The molecule has 0 aliphatic rings. The number of aromatic hydroxyl groups is 1. The molecule has 0 unspecified atom stereocenters. The number of likely N-dealkylation sites (N-methyl/N-ethyl adjacent to an activating group) is 2. The van der Waals surface area contributed by atoms with Crippen LogP contribution in [0.1, 0.15) is 36.8 Å². The van der Waals surface area contributed by atoms with Crippen LogP contribution >= 0.6 is 0 Å². The van der Waals surface area contributed by atoms with E-state index in [2.05, 4.69) is 21.3 Å². The van der Waals surface area contributed by atoms with Gasteiger partial charge in [-0.3, -0.25) is 33.6 Å². The minimum absolute atomic E-state index is 0.0356. The Hall–Kier alpha value is -5.51. The summed E-state index contributed by atoms with van der Waals surface area (Å²) in [5.74, 6) is -4.96. The fourth-order valence-electron chi connectivity index (χ4n) is 4.69. The van der Waals surface area contributed by atoms with Gasteiger partial charge in [0, 0.05) is 26.3 Å². The highest BCUT2D eigenvalue weighted by molar-refractivity contribution is 5.95. The van der Waals surface area contributed by atoms with Gasteiger partial charge in [0.2, 0.25) is 41.4 Å². The third-order valence-corrected chi connectivity index (χ3v) is 7.54. The van der Waals surface area contributed by atoms with Gasteiger partial charge >= 0.3 is 0 Å². The molecule has 48 heavy (non-hydrogen) atoms. The molecule has 16 nitrogen and oxygen atoms in total. The zero-order chi connectivity index (χ0) is 35.8. The normalized spacial score (nSPS) is 13.2. The average molecular weight is 669 g/mol. The summed E-state index contributed by atoms with van der Waals surface area (Å²) >= 11 is 0. The number of rotatable bonds is 20. The summed E-state index contributed by atoms with van der Waals surface area (Å²) in [5.41, 5.74) is 17.3. The zero-order valence-corrected chi connectivity index (χ0v) is 26.9. The molecule has 0 heterocycles. The number of carbonyl (C=O) groups excluding carboxylic acids is 7. The Morgan fingerprint density at radius 1 is 0.708 bits per heavy atom. The molecular weight excluding hydrogens is 624 g/mol. The second-order valence-electron chi connectivity index (χ2n) is 11.2. The van der Waals surface area contributed by atoms with Crippen molar-refractivity contribution in [3.8, 4) is 5.75 Å². The van der Waals surface area contributed by atoms with Crippen LogP contribution in [0.4, 0.5) is 0 Å². The molecule has 0 spiro atoms. The molecule has 0 fully saturated rings. The molecule has 0 aliphatic heterocycles. The summed E-state index contributed by atoms with van der Waals surface area (Å²) in [4.78, 5) is 88.8. The van der Waals surface area contributed by atoms with Gasteiger partial charge in [-0.2, -0.15) is 0 Å². The van der Waals surface area contributed by atoms with E-state index in [4.69, 9.17) is 17.2 Å². The van der Waals surface area contributed by atoms with E-state index in [0.717, 1.165) is 10.5 Å². The molecule has 2 rings (SSSR count). The smallest absolute Gasteiger partial charge is 0.243 e. The van der Waals surface area contributed by atoms with Crippen molar-refractivity contribution in [1.82, 2.24) is 26.2 Å². The Morgan fingerprint density at radius 3 is 1.79 bits per heavy atom. The lowest BCUT2D eigenvalue weighted by Crippen LogP contribution is -2.56. The molecule has 7 amide bonds. The number of phenols is 1. The molecule has 2 aromatic rings. The summed E-state index contributed by atoms with van der Waals surface area (Å²) in [5, 5.41) is 19.9. The minimum Gasteiger partial charge on any atom is -0.508 e. The van der Waals surface area contributed by atoms with Crippen molar-refractivity contribution in [3.05, 3.63) is 65.7 Å². The van der Waals surface area contributed by atoms with Crippen LogP contribution in [0.5, 0.6) is 5.75 Å². The number of primary amides is 3. The van der Waals surface area contributed by atoms with Crippen LogP contribution in [0.3, 0.4) is 0 Å². The summed E-state index contributed by atoms with van der Waals surface area (Å²) in [6.45, 7) is -0.583. The summed E-state index contributed by atoms with van der Waals surface area (Å²) in [6, 6.07) is 10.6. The topological polar surface area (TPSA) is 269 Å². The standard InChI is InChI=1S/C32H44N8O8/c1-36-24(16-20-8-10-21(41)11-9-20)31(47)39-23(13-15-27(34)43)30(46)37-18-28(44)40(2)25(17-19-6-4-3-5-7-19)32(48)38-22(29(35)45)12-14-26(33)42/h3-11,22-25,36,41H,12-18H2,1-2H3,(H2,33,42)(H2,34,43)(H2,35,45)(H,37,46)(H,38,48)(H,39,47)/t22-,23-,24+,25+/m1/s1. The van der Waals surface area contributed by atoms with Crippen LogP contribution in [0.25, 0.3) is 0 Å². The molecule has 2 aromatic carbocycles. The van der Waals surface area contributed by atoms with E-state index >= 15 is 0 Å². The van der Waals surface area contributed by atoms with Crippen molar-refractivity contribution < 1.29 is 38.7 Å². The third kappa shape index (κ3) is 13.1. The monoisotopic (exact) mass is 668 g/mol. The third-order valence-electron chi connectivity index (χ3n) is 7.54. The number of nitrogens with zero attached hydrogens (tertiary/aromatic N) is 1. The molecule has 0 radical (unpaired) electrons. The van der Waals surface area contributed by atoms with Gasteiger partial charge in [0.15, 0.2) is 0 Å². The lowest BCUT2D eigenvalue weighted by atomic mass is 10.0. The molecule has 0 saturated carbocycles. The summed E-state index contributed by atoms with van der Waals surface area (Å²) in [6.07, 6.45) is -0.467. The van der Waals surface area contributed by atoms with Gasteiger partial charge in [-0.05, 0) is 49.6 Å². The lowest BCUT2D eigenvalue weighted by molar-refractivity contribution is -0.140. The van der Waals surface area contributed by atoms with Crippen molar-refractivity contribution in [2.24, 2.45) is 17.2 Å². The average Bonchev–Trinajstić information content (AvgIpc) is 3.05. The van der Waals surface area contributed by atoms with Gasteiger partial charge < -0.3 is 48.5 Å². The Labute approximate surface area is 278 Å². The minimum atomic E-state index is -1.23. The highest BCUT2D eigenvalue weighted by Crippen LogP contribution is 2.13. The van der Waals surface area contributed by atoms with E-state index in [1.54, 1.807) is 49.5 Å². The molecule has 0 bridgehead atoms. The first-order chi connectivity index (χ1) is 22.7. The Balaban J connectivity index is 2.16. The molecule has 0 saturated heterocycles. The summed E-state index contributed by atoms with van der Waals surface area (Å²) in [7, 11) is 2.90. The molecular formula is C32H44N8O8. The predicted octanol–water partition coefficient (Wildman–Crippen LogP) is -2.31. The molecule has 11 N–H and O–H groups in total. The highest BCUT2D eigenvalue weighted by atomic mass is 16.3. The number of hydrogen-bond donors (Lipinski definition) is 8. The first-order valence-electron chi connectivity index (χ1n) is 15.2. The van der Waals surface area contributed by atoms with E-state index in [1.807, 2.05) is 0 Å². The maximum absolute atomic E-state index is 13.4. The number of nitrogens with one attached hydrogen (secondary N) is 4. The fourth-order valence-corrected chi connectivity index (χ4v) is 4.69. The number of carbonyl (C=O) groups is 7. The number of benzene rings is 2. The van der Waals surface area contributed by atoms with Crippen molar-refractivity contribution in [2.45, 2.75) is 62.7 Å². The van der Waals surface area contributed by atoms with E-state index in [-0.39, 0.29) is 44.3 Å². The van der Waals surface area contributed by atoms with E-state index in [1.165, 1.54) is 19.2 Å². The highest BCUT2D eigenvalue weighted by Gasteiger charge is 2.31. The van der Waals surface area contributed by atoms with Crippen LogP contribution < -0.4 is 38.5 Å². The van der Waals surface area contributed by atoms with Gasteiger partial charge in [-0.15, -0.1) is 0 Å². The second kappa shape index (κ2) is 19.2. The zero-order valence-electron chi connectivity index (χ0n) is 26.9. The van der Waals surface area contributed by atoms with Gasteiger partial charge in [-0.1, -0.05) is 42.5 Å². The number of phenolic OH excluding ortho intramolecular Hbond substituents is 1. The maximum atomic E-state index is 13.4. The van der Waals surface area contributed by atoms with Crippen molar-refractivity contribution >= 4 is 41.4 Å². The first-order valence-corrected chi connectivity index (χ1v) is 15.2. The van der Waals surface area contributed by atoms with Gasteiger partial charge in [0.25, 0.3) is 0 Å². The Kier molecular flexibility index (Phi) is 15.5. The Bertz CT molecular complexity index is 1440. The predicted molar refractivity (Wildman–Crippen MR) is 174 cm³/mol. The molecule has 260 valence electrons. The lowest BCUT2D eigenvalue weighted by Gasteiger charge is -2.29. The molecule has 0 aliphatic carbocycles. The molecule has 0 aromatic heterocycles. The van der Waals surface area contributed by atoms with Crippen LogP contribution in [0.2, 0.25) is 0 Å². The number of nitrogens with two attached hydrogens (primary N) is 3. The quantitative estimate of drug-likeness (QED) is 0.0752. The van der Waals surface area contributed by atoms with Gasteiger partial charge in [-0.25, -0.2) is 0 Å². The SMILES string of the molecule is CN[C@@H](Cc1ccc(O)cc1)C(=O)N[C@H](CCC(N)=O)C(=O)NCC(=O)N(C)[C@@H](Cc1ccccc1)C(=O)N[C@H](CCC(N)=O)C(N)=O. The van der Waals surface area contributed by atoms with Crippen LogP contribution in [0.15, 0.2) is 54.6 Å². The van der Waals surface area contributed by atoms with Crippen LogP contribution in [0, 0.1) is 0 Å². The van der Waals surface area contributed by atoms with Crippen molar-refractivity contribution in [1.29, 1.82) is 0 Å². The van der Waals surface area contributed by atoms with E-state index in [9.17, 15) is 38.7 Å². The first kappa shape index (κ1) is 38.7. The largest absolute Gasteiger partial charge is 0.508 e. The van der Waals surface area contributed by atoms with Crippen LogP contribution in [-0.4, -0.2) is 96.2 Å². The van der Waals surface area contributed by atoms with Gasteiger partial charge in [0.05, 0.1) is 12.6 Å². The second-order valence-corrected chi connectivity index (χ2v) is 11.2. The fraction of sp³-hybridized carbons (Fsp3) is 0.406. The van der Waals surface area contributed by atoms with Crippen molar-refractivity contribution in [2.75, 3.05) is 20.6 Å². The van der Waals surface area contributed by atoms with Crippen LogP contribution in [-0.2, 0) is 46.4 Å². The van der Waals surface area contributed by atoms with E-state index < -0.39 is 72.1 Å². The van der Waals surface area contributed by atoms with Crippen molar-refractivity contribution in [3.63, 3.8) is 0 Å². The molecule has 4 atom stereocenters. The maximum Gasteiger partial charge on any atom is 0.243 e. The number of hydrogen-bond acceptors (Lipinski definition) is 9.